The van der Waals surface area contributed by atoms with Crippen molar-refractivity contribution in [2.24, 2.45) is 5.92 Å². The predicted octanol–water partition coefficient (Wildman–Crippen LogP) is 20.1. The molecule has 6 heteroatoms. The van der Waals surface area contributed by atoms with Crippen molar-refractivity contribution < 1.29 is 34.0 Å². The van der Waals surface area contributed by atoms with Gasteiger partial charge in [-0.05, 0) is 133 Å². The summed E-state index contributed by atoms with van der Waals surface area (Å²) in [4.78, 5) is 9.23. The van der Waals surface area contributed by atoms with E-state index < -0.39 is 6.37 Å². The molecule has 2 aromatic heterocycles. The van der Waals surface area contributed by atoms with E-state index in [2.05, 4.69) is 195 Å². The van der Waals surface area contributed by atoms with Crippen LogP contribution in [0.2, 0.25) is 0 Å². The maximum absolute atomic E-state index is 9.14. The third kappa shape index (κ3) is 10.2. The molecule has 0 atom stereocenters. The molecule has 0 amide bonds. The minimum absolute atomic E-state index is 0. The molecule has 0 unspecified atom stereocenters. The van der Waals surface area contributed by atoms with Gasteiger partial charge in [0.15, 0.2) is 0 Å². The molecule has 0 fully saturated rings. The minimum atomic E-state index is -1.50. The van der Waals surface area contributed by atoms with Crippen molar-refractivity contribution in [3.63, 3.8) is 0 Å². The third-order valence-electron chi connectivity index (χ3n) is 16.2. The van der Waals surface area contributed by atoms with Gasteiger partial charge < -0.3 is 19.1 Å². The van der Waals surface area contributed by atoms with E-state index >= 15 is 0 Å². The Bertz CT molecular complexity index is 4300. The predicted molar refractivity (Wildman–Crippen MR) is 332 cm³/mol. The first-order valence-electron chi connectivity index (χ1n) is 30.8. The first-order valence-corrected chi connectivity index (χ1v) is 27.8. The molecule has 0 bridgehead atoms. The Balaban J connectivity index is 0.00000768. The molecule has 408 valence electrons. The van der Waals surface area contributed by atoms with E-state index in [0.29, 0.717) is 44.7 Å². The molecule has 1 aliphatic carbocycles. The van der Waals surface area contributed by atoms with Crippen molar-refractivity contribution in [3.05, 3.63) is 223 Å². The number of rotatable bonds is 10. The van der Waals surface area contributed by atoms with E-state index in [1.165, 1.54) is 11.1 Å². The molecule has 0 spiro atoms. The summed E-state index contributed by atoms with van der Waals surface area (Å²) in [6.07, 6.45) is 2.46. The number of fused-ring (bicyclic) bond motifs is 5. The molecule has 80 heavy (non-hydrogen) atoms. The molecule has 1 aliphatic heterocycles. The fourth-order valence-electron chi connectivity index (χ4n) is 11.7. The summed E-state index contributed by atoms with van der Waals surface area (Å²) >= 11 is 0. The van der Waals surface area contributed by atoms with Crippen molar-refractivity contribution in [2.45, 2.75) is 124 Å². The SMILES string of the molecule is [2H]c1c([2H])c([2H])c2c(c1[2H])c1ccc(Oc3[c-]c(N4[CH-]N(c5c(-c6ccc(-c7cc(C(C)(C)C)cc(C([2H])([2H])C(C)C)c7)cc6)cccc5-c5ccc6c(c5)C(C)(C)CCC6(C)C)c5ccccc54)ccc3)[c-]c1n2-c1cc(C(C)(C)C)ccn1.[Pt]. The molecule has 10 aromatic rings. The van der Waals surface area contributed by atoms with E-state index in [4.69, 9.17) is 17.9 Å². The first-order chi connectivity index (χ1) is 40.1. The van der Waals surface area contributed by atoms with Crippen molar-refractivity contribution in [2.75, 3.05) is 9.80 Å². The van der Waals surface area contributed by atoms with E-state index in [-0.39, 0.29) is 72.8 Å². The van der Waals surface area contributed by atoms with Gasteiger partial charge in [0.1, 0.15) is 5.82 Å². The summed E-state index contributed by atoms with van der Waals surface area (Å²) in [6.45, 7) is 28.5. The van der Waals surface area contributed by atoms with Crippen molar-refractivity contribution in [1.82, 2.24) is 9.55 Å². The van der Waals surface area contributed by atoms with Gasteiger partial charge in [-0.3, -0.25) is 0 Å². The average molecular weight is 1240 g/mol. The molecule has 8 aromatic carbocycles. The molecular formula is C74H73N4OPt-3. The minimum Gasteiger partial charge on any atom is -0.509 e. The van der Waals surface area contributed by atoms with Crippen LogP contribution in [0, 0.1) is 24.7 Å². The summed E-state index contributed by atoms with van der Waals surface area (Å²) in [6, 6.07) is 56.8. The van der Waals surface area contributed by atoms with Crippen LogP contribution in [-0.2, 0) is 49.1 Å². The molecular weight excluding hydrogens is 1160 g/mol. The second kappa shape index (κ2) is 20.7. The van der Waals surface area contributed by atoms with Gasteiger partial charge in [-0.25, -0.2) is 4.98 Å². The first kappa shape index (κ1) is 47.6. The maximum Gasteiger partial charge on any atom is 0.135 e. The van der Waals surface area contributed by atoms with Gasteiger partial charge in [-0.2, -0.15) is 12.1 Å². The number of pyridine rings is 1. The number of benzene rings is 8. The molecule has 0 saturated heterocycles. The van der Waals surface area contributed by atoms with Crippen LogP contribution in [0.15, 0.2) is 176 Å². The van der Waals surface area contributed by atoms with E-state index in [1.54, 1.807) is 16.8 Å². The number of hydrogen-bond acceptors (Lipinski definition) is 4. The number of hydrogen-bond donors (Lipinski definition) is 0. The van der Waals surface area contributed by atoms with Gasteiger partial charge in [0.25, 0.3) is 0 Å². The Morgan fingerprint density at radius 2 is 1.27 bits per heavy atom. The van der Waals surface area contributed by atoms with Crippen LogP contribution in [0.3, 0.4) is 0 Å². The zero-order valence-corrected chi connectivity index (χ0v) is 50.3. The summed E-state index contributed by atoms with van der Waals surface area (Å²) in [5, 5.41) is 0.989. The molecule has 5 nitrogen and oxygen atoms in total. The number of ether oxygens (including phenoxy) is 1. The summed E-state index contributed by atoms with van der Waals surface area (Å²) in [7, 11) is 0. The number of para-hydroxylation sites is 4. The van der Waals surface area contributed by atoms with Gasteiger partial charge >= 0.3 is 0 Å². The van der Waals surface area contributed by atoms with Gasteiger partial charge in [0.05, 0.1) is 5.48 Å². The van der Waals surface area contributed by atoms with E-state index in [0.717, 1.165) is 80.1 Å². The van der Waals surface area contributed by atoms with Crippen LogP contribution in [0.4, 0.5) is 22.7 Å². The van der Waals surface area contributed by atoms with Crippen LogP contribution >= 0.6 is 0 Å². The van der Waals surface area contributed by atoms with Crippen LogP contribution < -0.4 is 14.5 Å². The number of aromatic nitrogens is 2. The molecule has 3 heterocycles. The van der Waals surface area contributed by atoms with Gasteiger partial charge in [0.2, 0.25) is 0 Å². The second-order valence-corrected chi connectivity index (χ2v) is 25.3. The smallest absolute Gasteiger partial charge is 0.135 e. The normalized spacial score (nSPS) is 16.1. The maximum atomic E-state index is 9.14. The van der Waals surface area contributed by atoms with Gasteiger partial charge in [-0.1, -0.05) is 198 Å². The summed E-state index contributed by atoms with van der Waals surface area (Å²) in [5.74, 6) is 1.13. The molecule has 0 saturated carbocycles. The number of nitrogens with zero attached hydrogens (tertiary/aromatic N) is 4. The zero-order valence-electron chi connectivity index (χ0n) is 54.0. The van der Waals surface area contributed by atoms with Crippen molar-refractivity contribution >= 4 is 44.6 Å². The van der Waals surface area contributed by atoms with Crippen LogP contribution in [-0.4, -0.2) is 9.55 Å². The van der Waals surface area contributed by atoms with Gasteiger partial charge in [0, 0.05) is 75.2 Å². The Morgan fingerprint density at radius 1 is 0.625 bits per heavy atom. The molecule has 0 N–H and O–H groups in total. The Hall–Kier alpha value is -7.20. The average Bonchev–Trinajstić information content (AvgIpc) is 1.66. The van der Waals surface area contributed by atoms with Crippen molar-refractivity contribution in [3.8, 4) is 50.7 Å². The quantitative estimate of drug-likeness (QED) is 0.128. The van der Waals surface area contributed by atoms with Crippen LogP contribution in [0.5, 0.6) is 11.5 Å². The standard InChI is InChI=1S/C74H73N4O.Pt/c1-48(2)39-49-40-53(42-55(41-49)72(6,7)8)50-27-29-51(30-28-50)59-22-18-23-60(52-31-34-63-64(43-52)74(11,12)37-36-73(63,9)10)70(59)77-47-76(66-25-15-16-26-67(66)77)56-19-17-20-57(45-56)79-58-32-33-62-61-21-13-14-24-65(61)78(68(62)46-58)69-44-54(35-38-75-69)71(3,4)5;/h13-35,38,40-44,47-48H,36-37,39H2,1-12H3;/q-3;/i13D,14D,21D,24D,39D2;. The third-order valence-corrected chi connectivity index (χ3v) is 16.2. The second-order valence-electron chi connectivity index (χ2n) is 25.3. The Morgan fingerprint density at radius 3 is 2.00 bits per heavy atom. The van der Waals surface area contributed by atoms with Crippen molar-refractivity contribution in [1.29, 1.82) is 0 Å². The zero-order chi connectivity index (χ0) is 60.4. The molecule has 2 aliphatic rings. The van der Waals surface area contributed by atoms with Crippen LogP contribution in [0.1, 0.15) is 132 Å². The Labute approximate surface area is 498 Å². The van der Waals surface area contributed by atoms with E-state index in [1.807, 2.05) is 56.3 Å². The molecule has 12 rings (SSSR count). The summed E-state index contributed by atoms with van der Waals surface area (Å²) in [5.41, 5.74) is 16.1. The fraction of sp³-hybridized carbons (Fsp3) is 0.270. The number of anilines is 4. The Kier molecular flexibility index (Phi) is 12.3. The van der Waals surface area contributed by atoms with Gasteiger partial charge in [-0.15, -0.1) is 48.1 Å². The monoisotopic (exact) mass is 1230 g/mol. The largest absolute Gasteiger partial charge is 0.509 e. The van der Waals surface area contributed by atoms with Crippen LogP contribution in [0.25, 0.3) is 61.0 Å². The fourth-order valence-corrected chi connectivity index (χ4v) is 11.7. The molecule has 0 radical (unpaired) electrons. The van der Waals surface area contributed by atoms with E-state index in [9.17, 15) is 0 Å². The summed E-state index contributed by atoms with van der Waals surface area (Å²) < 4.78 is 62.2. The topological polar surface area (TPSA) is 33.5 Å².